The number of hydrogen-bond acceptors (Lipinski definition) is 3. The number of nitrogens with zero attached hydrogens (tertiary/aromatic N) is 1. The van der Waals surface area contributed by atoms with Crippen molar-refractivity contribution >= 4 is 27.5 Å². The summed E-state index contributed by atoms with van der Waals surface area (Å²) in [6.07, 6.45) is 1.13. The van der Waals surface area contributed by atoms with Crippen molar-refractivity contribution in [2.24, 2.45) is 0 Å². The summed E-state index contributed by atoms with van der Waals surface area (Å²) in [5.41, 5.74) is 0.975. The molecule has 2 unspecified atom stereocenters. The molecule has 5 nitrogen and oxygen atoms in total. The second-order valence-electron chi connectivity index (χ2n) is 5.81. The third kappa shape index (κ3) is 4.36. The monoisotopic (exact) mass is 344 g/mol. The summed E-state index contributed by atoms with van der Waals surface area (Å²) in [6.45, 7) is 1.90. The second-order valence-corrected chi connectivity index (χ2v) is 8.45. The van der Waals surface area contributed by atoms with Crippen molar-refractivity contribution in [3.63, 3.8) is 0 Å². The molecular formula is C15H21ClN2O3S. The fourth-order valence-corrected chi connectivity index (χ4v) is 4.59. The summed E-state index contributed by atoms with van der Waals surface area (Å²) in [4.78, 5) is 13.7. The van der Waals surface area contributed by atoms with Crippen LogP contribution in [0.4, 0.5) is 4.79 Å². The molecule has 2 rings (SSSR count). The third-order valence-corrected chi connectivity index (χ3v) is 6.05. The van der Waals surface area contributed by atoms with E-state index in [9.17, 15) is 13.2 Å². The molecule has 0 aromatic heterocycles. The van der Waals surface area contributed by atoms with Crippen LogP contribution in [0.5, 0.6) is 0 Å². The van der Waals surface area contributed by atoms with Gasteiger partial charge in [0.15, 0.2) is 9.84 Å². The summed E-state index contributed by atoms with van der Waals surface area (Å²) < 4.78 is 23.0. The van der Waals surface area contributed by atoms with E-state index in [1.165, 1.54) is 4.90 Å². The van der Waals surface area contributed by atoms with E-state index in [0.29, 0.717) is 17.9 Å². The normalized spacial score (nSPS) is 21.3. The predicted octanol–water partition coefficient (Wildman–Crippen LogP) is 2.10. The lowest BCUT2D eigenvalue weighted by Gasteiger charge is -2.26. The van der Waals surface area contributed by atoms with E-state index in [1.807, 2.05) is 31.2 Å². The Labute approximate surface area is 136 Å². The van der Waals surface area contributed by atoms with Crippen LogP contribution in [0.3, 0.4) is 0 Å². The van der Waals surface area contributed by atoms with Crippen molar-refractivity contribution in [1.29, 1.82) is 0 Å². The van der Waals surface area contributed by atoms with E-state index in [-0.39, 0.29) is 29.6 Å². The highest BCUT2D eigenvalue weighted by Crippen LogP contribution is 2.18. The molecule has 1 aromatic rings. The average molecular weight is 345 g/mol. The van der Waals surface area contributed by atoms with Crippen LogP contribution in [0.25, 0.3) is 0 Å². The lowest BCUT2D eigenvalue weighted by Crippen LogP contribution is -2.47. The Bertz CT molecular complexity index is 648. The highest BCUT2D eigenvalue weighted by Gasteiger charge is 2.32. The zero-order valence-corrected chi connectivity index (χ0v) is 14.3. The minimum absolute atomic E-state index is 0.0514. The molecule has 1 aromatic carbocycles. The lowest BCUT2D eigenvalue weighted by atomic mass is 10.1. The van der Waals surface area contributed by atoms with Gasteiger partial charge < -0.3 is 10.2 Å². The molecule has 1 heterocycles. The average Bonchev–Trinajstić information content (AvgIpc) is 2.80. The van der Waals surface area contributed by atoms with E-state index in [1.54, 1.807) is 7.05 Å². The zero-order chi connectivity index (χ0) is 16.3. The summed E-state index contributed by atoms with van der Waals surface area (Å²) in [6, 6.07) is 6.94. The van der Waals surface area contributed by atoms with Gasteiger partial charge in [0, 0.05) is 24.2 Å². The molecule has 1 aliphatic rings. The number of sulfone groups is 1. The number of rotatable bonds is 4. The van der Waals surface area contributed by atoms with Gasteiger partial charge in [-0.1, -0.05) is 29.8 Å². The molecule has 22 heavy (non-hydrogen) atoms. The van der Waals surface area contributed by atoms with Gasteiger partial charge in [-0.3, -0.25) is 0 Å². The first-order valence-electron chi connectivity index (χ1n) is 7.25. The number of nitrogens with one attached hydrogen (secondary N) is 1. The summed E-state index contributed by atoms with van der Waals surface area (Å²) in [5.74, 6) is 0.209. The quantitative estimate of drug-likeness (QED) is 0.909. The Morgan fingerprint density at radius 2 is 2.14 bits per heavy atom. The van der Waals surface area contributed by atoms with E-state index in [2.05, 4.69) is 5.32 Å². The van der Waals surface area contributed by atoms with Crippen LogP contribution in [0.1, 0.15) is 18.9 Å². The second kappa shape index (κ2) is 6.87. The maximum atomic E-state index is 12.2. The predicted molar refractivity (Wildman–Crippen MR) is 88.0 cm³/mol. The van der Waals surface area contributed by atoms with Gasteiger partial charge in [-0.15, -0.1) is 0 Å². The topological polar surface area (TPSA) is 66.5 Å². The van der Waals surface area contributed by atoms with Gasteiger partial charge >= 0.3 is 6.03 Å². The first-order valence-corrected chi connectivity index (χ1v) is 9.45. The van der Waals surface area contributed by atoms with Gasteiger partial charge in [0.1, 0.15) is 0 Å². The zero-order valence-electron chi connectivity index (χ0n) is 12.8. The van der Waals surface area contributed by atoms with Crippen molar-refractivity contribution in [2.75, 3.05) is 18.6 Å². The highest BCUT2D eigenvalue weighted by atomic mass is 35.5. The fraction of sp³-hybridized carbons (Fsp3) is 0.533. The minimum Gasteiger partial charge on any atom is -0.335 e. The standard InChI is InChI=1S/C15H21ClN2O3S/c1-11(9-12-5-3-4-6-14(12)16)17-15(19)18(2)13-7-8-22(20,21)10-13/h3-6,11,13H,7-10H2,1-2H3,(H,17,19). The van der Waals surface area contributed by atoms with Crippen molar-refractivity contribution in [3.8, 4) is 0 Å². The first kappa shape index (κ1) is 17.1. The van der Waals surface area contributed by atoms with E-state index >= 15 is 0 Å². The van der Waals surface area contributed by atoms with Crippen LogP contribution < -0.4 is 5.32 Å². The van der Waals surface area contributed by atoms with Crippen LogP contribution in [-0.2, 0) is 16.3 Å². The smallest absolute Gasteiger partial charge is 0.317 e. The molecule has 2 amide bonds. The molecule has 0 aliphatic carbocycles. The van der Waals surface area contributed by atoms with Gasteiger partial charge in [0.25, 0.3) is 0 Å². The molecule has 7 heteroatoms. The number of urea groups is 1. The molecule has 0 spiro atoms. The van der Waals surface area contributed by atoms with E-state index in [0.717, 1.165) is 5.56 Å². The molecule has 122 valence electrons. The molecule has 0 saturated carbocycles. The molecule has 0 radical (unpaired) electrons. The van der Waals surface area contributed by atoms with Crippen molar-refractivity contribution < 1.29 is 13.2 Å². The Morgan fingerprint density at radius 1 is 1.45 bits per heavy atom. The van der Waals surface area contributed by atoms with Crippen molar-refractivity contribution in [3.05, 3.63) is 34.9 Å². The number of hydrogen-bond donors (Lipinski definition) is 1. The van der Waals surface area contributed by atoms with Crippen LogP contribution >= 0.6 is 11.6 Å². The molecule has 1 saturated heterocycles. The van der Waals surface area contributed by atoms with Gasteiger partial charge in [-0.2, -0.15) is 0 Å². The fourth-order valence-electron chi connectivity index (χ4n) is 2.60. The molecule has 0 bridgehead atoms. The number of carbonyl (C=O) groups is 1. The number of halogens is 1. The molecule has 1 aliphatic heterocycles. The van der Waals surface area contributed by atoms with E-state index < -0.39 is 9.84 Å². The Balaban J connectivity index is 1.90. The van der Waals surface area contributed by atoms with Crippen LogP contribution in [0.15, 0.2) is 24.3 Å². The summed E-state index contributed by atoms with van der Waals surface area (Å²) in [5, 5.41) is 3.57. The number of amides is 2. The first-order chi connectivity index (χ1) is 10.3. The molecule has 1 fully saturated rings. The van der Waals surface area contributed by atoms with Crippen LogP contribution in [0, 0.1) is 0 Å². The lowest BCUT2D eigenvalue weighted by molar-refractivity contribution is 0.191. The SMILES string of the molecule is CC(Cc1ccccc1Cl)NC(=O)N(C)C1CCS(=O)(=O)C1. The Kier molecular flexibility index (Phi) is 5.34. The maximum absolute atomic E-state index is 12.2. The van der Waals surface area contributed by atoms with E-state index in [4.69, 9.17) is 11.6 Å². The molecule has 1 N–H and O–H groups in total. The molecule has 2 atom stereocenters. The van der Waals surface area contributed by atoms with Gasteiger partial charge in [-0.25, -0.2) is 13.2 Å². The van der Waals surface area contributed by atoms with Crippen LogP contribution in [-0.4, -0.2) is 50.0 Å². The van der Waals surface area contributed by atoms with Gasteiger partial charge in [0.2, 0.25) is 0 Å². The highest BCUT2D eigenvalue weighted by molar-refractivity contribution is 7.91. The van der Waals surface area contributed by atoms with Gasteiger partial charge in [0.05, 0.1) is 11.5 Å². The maximum Gasteiger partial charge on any atom is 0.317 e. The van der Waals surface area contributed by atoms with Crippen LogP contribution in [0.2, 0.25) is 5.02 Å². The Morgan fingerprint density at radius 3 is 2.73 bits per heavy atom. The van der Waals surface area contributed by atoms with Gasteiger partial charge in [-0.05, 0) is 31.4 Å². The van der Waals surface area contributed by atoms with Crippen molar-refractivity contribution in [1.82, 2.24) is 10.2 Å². The number of benzene rings is 1. The largest absolute Gasteiger partial charge is 0.335 e. The minimum atomic E-state index is -3.00. The number of carbonyl (C=O) groups excluding carboxylic acids is 1. The molecular weight excluding hydrogens is 324 g/mol. The van der Waals surface area contributed by atoms with Crippen molar-refractivity contribution in [2.45, 2.75) is 31.8 Å². The summed E-state index contributed by atoms with van der Waals surface area (Å²) >= 11 is 6.11. The third-order valence-electron chi connectivity index (χ3n) is 3.93. The Hall–Kier alpha value is -1.27. The summed E-state index contributed by atoms with van der Waals surface area (Å²) in [7, 11) is -1.35.